The molecule has 0 spiro atoms. The maximum atomic E-state index is 12.5. The lowest BCUT2D eigenvalue weighted by atomic mass is 10.2. The van der Waals surface area contributed by atoms with E-state index >= 15 is 0 Å². The predicted octanol–water partition coefficient (Wildman–Crippen LogP) is 2.13. The lowest BCUT2D eigenvalue weighted by molar-refractivity contribution is -0.125. The molecule has 0 unspecified atom stereocenters. The van der Waals surface area contributed by atoms with Gasteiger partial charge in [0.1, 0.15) is 11.9 Å². The molecule has 2 aromatic heterocycles. The highest BCUT2D eigenvalue weighted by molar-refractivity contribution is 7.12. The fourth-order valence-corrected chi connectivity index (χ4v) is 3.60. The molecule has 7 heteroatoms. The first-order chi connectivity index (χ1) is 12.1. The zero-order valence-corrected chi connectivity index (χ0v) is 15.3. The maximum Gasteiger partial charge on any atom is 0.264 e. The van der Waals surface area contributed by atoms with Crippen LogP contribution in [0, 0.1) is 0 Å². The average Bonchev–Trinajstić information content (AvgIpc) is 3.30. The van der Waals surface area contributed by atoms with E-state index in [2.05, 4.69) is 10.3 Å². The molecule has 3 rings (SSSR count). The van der Waals surface area contributed by atoms with Crippen LogP contribution in [0.25, 0.3) is 0 Å². The summed E-state index contributed by atoms with van der Waals surface area (Å²) in [6.45, 7) is 1.05. The summed E-state index contributed by atoms with van der Waals surface area (Å²) >= 11 is 1.41. The number of carbonyl (C=O) groups is 2. The second-order valence-corrected chi connectivity index (χ2v) is 7.22. The SMILES string of the molecule is CN(C)c1ccc(CNC(=O)[C@@H]2CCCN2C(=O)c2cccs2)cn1. The third-order valence-corrected chi connectivity index (χ3v) is 5.14. The van der Waals surface area contributed by atoms with Crippen molar-refractivity contribution in [2.45, 2.75) is 25.4 Å². The average molecular weight is 358 g/mol. The van der Waals surface area contributed by atoms with E-state index in [1.165, 1.54) is 11.3 Å². The van der Waals surface area contributed by atoms with Gasteiger partial charge in [-0.3, -0.25) is 9.59 Å². The fraction of sp³-hybridized carbons (Fsp3) is 0.389. The normalized spacial score (nSPS) is 16.7. The third-order valence-electron chi connectivity index (χ3n) is 4.28. The number of hydrogen-bond donors (Lipinski definition) is 1. The van der Waals surface area contributed by atoms with E-state index in [9.17, 15) is 9.59 Å². The van der Waals surface area contributed by atoms with Crippen molar-refractivity contribution in [3.63, 3.8) is 0 Å². The van der Waals surface area contributed by atoms with Gasteiger partial charge in [0, 0.05) is 33.4 Å². The molecule has 132 valence electrons. The minimum absolute atomic E-state index is 0.0512. The third kappa shape index (κ3) is 3.99. The summed E-state index contributed by atoms with van der Waals surface area (Å²) in [4.78, 5) is 33.7. The van der Waals surface area contributed by atoms with Crippen LogP contribution in [-0.2, 0) is 11.3 Å². The van der Waals surface area contributed by atoms with Crippen molar-refractivity contribution in [2.75, 3.05) is 25.5 Å². The molecule has 3 heterocycles. The van der Waals surface area contributed by atoms with Gasteiger partial charge in [0.15, 0.2) is 0 Å². The number of thiophene rings is 1. The molecule has 1 saturated heterocycles. The van der Waals surface area contributed by atoms with Gasteiger partial charge in [-0.25, -0.2) is 4.98 Å². The second-order valence-electron chi connectivity index (χ2n) is 6.27. The lowest BCUT2D eigenvalue weighted by Gasteiger charge is -2.23. The molecule has 1 fully saturated rings. The summed E-state index contributed by atoms with van der Waals surface area (Å²) in [7, 11) is 3.87. The topological polar surface area (TPSA) is 65.5 Å². The summed E-state index contributed by atoms with van der Waals surface area (Å²) in [5, 5.41) is 4.81. The Balaban J connectivity index is 1.59. The van der Waals surface area contributed by atoms with Gasteiger partial charge in [0.25, 0.3) is 5.91 Å². The first-order valence-corrected chi connectivity index (χ1v) is 9.18. The molecule has 25 heavy (non-hydrogen) atoms. The number of carbonyl (C=O) groups excluding carboxylic acids is 2. The number of amides is 2. The number of pyridine rings is 1. The van der Waals surface area contributed by atoms with Crippen LogP contribution in [0.15, 0.2) is 35.8 Å². The quantitative estimate of drug-likeness (QED) is 0.889. The van der Waals surface area contributed by atoms with Crippen molar-refractivity contribution in [1.82, 2.24) is 15.2 Å². The number of nitrogens with zero attached hydrogens (tertiary/aromatic N) is 3. The molecule has 1 aliphatic heterocycles. The highest BCUT2D eigenvalue weighted by atomic mass is 32.1. The highest BCUT2D eigenvalue weighted by Crippen LogP contribution is 2.22. The van der Waals surface area contributed by atoms with E-state index in [1.54, 1.807) is 17.2 Å². The molecule has 1 aliphatic rings. The molecular weight excluding hydrogens is 336 g/mol. The van der Waals surface area contributed by atoms with E-state index in [1.807, 2.05) is 42.6 Å². The van der Waals surface area contributed by atoms with Crippen molar-refractivity contribution in [3.8, 4) is 0 Å². The van der Waals surface area contributed by atoms with E-state index in [0.29, 0.717) is 24.4 Å². The van der Waals surface area contributed by atoms with E-state index < -0.39 is 0 Å². The summed E-state index contributed by atoms with van der Waals surface area (Å²) in [6.07, 6.45) is 3.33. The molecule has 2 aromatic rings. The Morgan fingerprint density at radius 3 is 2.84 bits per heavy atom. The summed E-state index contributed by atoms with van der Waals surface area (Å²) < 4.78 is 0. The van der Waals surface area contributed by atoms with Crippen LogP contribution in [0.1, 0.15) is 28.1 Å². The Bertz CT molecular complexity index is 728. The van der Waals surface area contributed by atoms with Gasteiger partial charge >= 0.3 is 0 Å². The van der Waals surface area contributed by atoms with Crippen LogP contribution in [-0.4, -0.2) is 48.4 Å². The molecule has 1 N–H and O–H groups in total. The zero-order valence-electron chi connectivity index (χ0n) is 14.4. The molecule has 2 amide bonds. The van der Waals surface area contributed by atoms with Crippen LogP contribution in [0.5, 0.6) is 0 Å². The van der Waals surface area contributed by atoms with E-state index in [4.69, 9.17) is 0 Å². The number of nitrogens with one attached hydrogen (secondary N) is 1. The molecule has 0 aromatic carbocycles. The monoisotopic (exact) mass is 358 g/mol. The standard InChI is InChI=1S/C18H22N4O2S/c1-21(2)16-8-7-13(11-19-16)12-20-17(23)14-5-3-9-22(14)18(24)15-6-4-10-25-15/h4,6-8,10-11,14H,3,5,9,12H2,1-2H3,(H,20,23)/t14-/m0/s1. The molecule has 0 radical (unpaired) electrons. The van der Waals surface area contributed by atoms with Crippen molar-refractivity contribution < 1.29 is 9.59 Å². The minimum Gasteiger partial charge on any atom is -0.363 e. The Labute approximate surface area is 151 Å². The smallest absolute Gasteiger partial charge is 0.264 e. The molecular formula is C18H22N4O2S. The highest BCUT2D eigenvalue weighted by Gasteiger charge is 2.34. The minimum atomic E-state index is -0.386. The summed E-state index contributed by atoms with van der Waals surface area (Å²) in [6, 6.07) is 7.14. The Morgan fingerprint density at radius 1 is 1.36 bits per heavy atom. The van der Waals surface area contributed by atoms with E-state index in [-0.39, 0.29) is 17.9 Å². The number of hydrogen-bond acceptors (Lipinski definition) is 5. The molecule has 0 bridgehead atoms. The first kappa shape index (κ1) is 17.4. The predicted molar refractivity (Wildman–Crippen MR) is 98.8 cm³/mol. The number of aromatic nitrogens is 1. The number of rotatable bonds is 5. The summed E-state index contributed by atoms with van der Waals surface area (Å²) in [5.74, 6) is 0.724. The van der Waals surface area contributed by atoms with Crippen molar-refractivity contribution in [3.05, 3.63) is 46.3 Å². The molecule has 6 nitrogen and oxygen atoms in total. The maximum absolute atomic E-state index is 12.5. The first-order valence-electron chi connectivity index (χ1n) is 8.30. The number of likely N-dealkylation sites (tertiary alicyclic amines) is 1. The van der Waals surface area contributed by atoms with Crippen LogP contribution < -0.4 is 10.2 Å². The lowest BCUT2D eigenvalue weighted by Crippen LogP contribution is -2.45. The molecule has 0 aliphatic carbocycles. The van der Waals surface area contributed by atoms with Gasteiger partial charge < -0.3 is 15.1 Å². The van der Waals surface area contributed by atoms with Gasteiger partial charge in [-0.05, 0) is 35.9 Å². The molecule has 0 saturated carbocycles. The Kier molecular flexibility index (Phi) is 5.33. The number of anilines is 1. The zero-order chi connectivity index (χ0) is 17.8. The Morgan fingerprint density at radius 2 is 2.20 bits per heavy atom. The largest absolute Gasteiger partial charge is 0.363 e. The van der Waals surface area contributed by atoms with Crippen LogP contribution in [0.2, 0.25) is 0 Å². The van der Waals surface area contributed by atoms with Gasteiger partial charge in [-0.15, -0.1) is 11.3 Å². The Hall–Kier alpha value is -2.41. The molecule has 1 atom stereocenters. The van der Waals surface area contributed by atoms with Gasteiger partial charge in [0.2, 0.25) is 5.91 Å². The van der Waals surface area contributed by atoms with Gasteiger partial charge in [-0.2, -0.15) is 0 Å². The summed E-state index contributed by atoms with van der Waals surface area (Å²) in [5.41, 5.74) is 0.938. The second kappa shape index (κ2) is 7.65. The fourth-order valence-electron chi connectivity index (χ4n) is 2.92. The van der Waals surface area contributed by atoms with Crippen molar-refractivity contribution in [1.29, 1.82) is 0 Å². The van der Waals surface area contributed by atoms with Crippen molar-refractivity contribution >= 4 is 29.0 Å². The van der Waals surface area contributed by atoms with Gasteiger partial charge in [-0.1, -0.05) is 12.1 Å². The van der Waals surface area contributed by atoms with Crippen molar-refractivity contribution in [2.24, 2.45) is 0 Å². The van der Waals surface area contributed by atoms with Crippen LogP contribution in [0.4, 0.5) is 5.82 Å². The van der Waals surface area contributed by atoms with Crippen LogP contribution in [0.3, 0.4) is 0 Å². The van der Waals surface area contributed by atoms with Crippen LogP contribution >= 0.6 is 11.3 Å². The van der Waals surface area contributed by atoms with E-state index in [0.717, 1.165) is 17.8 Å². The van der Waals surface area contributed by atoms with Gasteiger partial charge in [0.05, 0.1) is 4.88 Å².